The Morgan fingerprint density at radius 3 is 2.90 bits per heavy atom. The van der Waals surface area contributed by atoms with Crippen molar-refractivity contribution in [1.29, 1.82) is 0 Å². The first-order valence-electron chi connectivity index (χ1n) is 7.40. The highest BCUT2D eigenvalue weighted by molar-refractivity contribution is 7.99. The van der Waals surface area contributed by atoms with Crippen molar-refractivity contribution in [3.8, 4) is 0 Å². The molecule has 0 saturated carbocycles. The van der Waals surface area contributed by atoms with Crippen LogP contribution in [0, 0.1) is 0 Å². The Morgan fingerprint density at radius 1 is 1.38 bits per heavy atom. The standard InChI is InChI=1S/C13H21N5O2S/c14-8-12-15-11(16-20-12)9-18-3-1-2-10(18)13(19)17-4-6-21-7-5-17/h10H,1-9,14H2. The molecule has 2 N–H and O–H groups in total. The van der Waals surface area contributed by atoms with Crippen molar-refractivity contribution in [3.63, 3.8) is 0 Å². The fraction of sp³-hybridized carbons (Fsp3) is 0.769. The first kappa shape index (κ1) is 14.8. The van der Waals surface area contributed by atoms with Gasteiger partial charge in [-0.3, -0.25) is 9.69 Å². The van der Waals surface area contributed by atoms with E-state index in [1.807, 2.05) is 16.7 Å². The summed E-state index contributed by atoms with van der Waals surface area (Å²) < 4.78 is 5.03. The third kappa shape index (κ3) is 3.38. The van der Waals surface area contributed by atoms with Gasteiger partial charge in [0.1, 0.15) is 0 Å². The summed E-state index contributed by atoms with van der Waals surface area (Å²) in [6.07, 6.45) is 1.96. The van der Waals surface area contributed by atoms with Crippen LogP contribution in [-0.2, 0) is 17.9 Å². The molecular weight excluding hydrogens is 290 g/mol. The third-order valence-electron chi connectivity index (χ3n) is 4.00. The normalized spacial score (nSPS) is 23.7. The molecule has 1 unspecified atom stereocenters. The molecule has 1 amide bonds. The lowest BCUT2D eigenvalue weighted by Crippen LogP contribution is -2.48. The molecule has 3 heterocycles. The maximum Gasteiger partial charge on any atom is 0.240 e. The summed E-state index contributed by atoms with van der Waals surface area (Å²) in [4.78, 5) is 21.0. The van der Waals surface area contributed by atoms with Crippen molar-refractivity contribution in [2.24, 2.45) is 5.73 Å². The number of thioether (sulfide) groups is 1. The smallest absolute Gasteiger partial charge is 0.240 e. The second-order valence-corrected chi connectivity index (χ2v) is 6.60. The van der Waals surface area contributed by atoms with Crippen LogP contribution >= 0.6 is 11.8 Å². The topological polar surface area (TPSA) is 88.5 Å². The van der Waals surface area contributed by atoms with Gasteiger partial charge >= 0.3 is 0 Å². The Hall–Kier alpha value is -1.12. The largest absolute Gasteiger partial charge is 0.340 e. The van der Waals surface area contributed by atoms with Gasteiger partial charge in [0.2, 0.25) is 11.8 Å². The molecule has 7 nitrogen and oxygen atoms in total. The lowest BCUT2D eigenvalue weighted by atomic mass is 10.2. The van der Waals surface area contributed by atoms with Gasteiger partial charge in [-0.1, -0.05) is 5.16 Å². The van der Waals surface area contributed by atoms with E-state index in [9.17, 15) is 4.79 Å². The summed E-state index contributed by atoms with van der Waals surface area (Å²) in [7, 11) is 0. The zero-order valence-electron chi connectivity index (χ0n) is 12.0. The van der Waals surface area contributed by atoms with Crippen LogP contribution in [0.2, 0.25) is 0 Å². The van der Waals surface area contributed by atoms with E-state index in [0.717, 1.165) is 44.0 Å². The number of rotatable bonds is 4. The first-order valence-corrected chi connectivity index (χ1v) is 8.55. The van der Waals surface area contributed by atoms with Crippen LogP contribution < -0.4 is 5.73 Å². The summed E-state index contributed by atoms with van der Waals surface area (Å²) in [5.74, 6) is 3.41. The lowest BCUT2D eigenvalue weighted by molar-refractivity contribution is -0.135. The number of nitrogens with two attached hydrogens (primary N) is 1. The predicted octanol–water partition coefficient (Wildman–Crippen LogP) is 0.0681. The minimum absolute atomic E-state index is 0.0343. The van der Waals surface area contributed by atoms with E-state index in [0.29, 0.717) is 18.3 Å². The van der Waals surface area contributed by atoms with Gasteiger partial charge in [0.25, 0.3) is 0 Å². The zero-order valence-corrected chi connectivity index (χ0v) is 12.8. The predicted molar refractivity (Wildman–Crippen MR) is 79.5 cm³/mol. The van der Waals surface area contributed by atoms with E-state index in [-0.39, 0.29) is 18.5 Å². The van der Waals surface area contributed by atoms with E-state index < -0.39 is 0 Å². The van der Waals surface area contributed by atoms with Crippen LogP contribution in [0.5, 0.6) is 0 Å². The summed E-state index contributed by atoms with van der Waals surface area (Å²) in [5.41, 5.74) is 5.47. The van der Waals surface area contributed by atoms with Crippen molar-refractivity contribution >= 4 is 17.7 Å². The van der Waals surface area contributed by atoms with Gasteiger partial charge in [-0.25, -0.2) is 0 Å². The van der Waals surface area contributed by atoms with Gasteiger partial charge in [0.15, 0.2) is 5.82 Å². The van der Waals surface area contributed by atoms with E-state index in [4.69, 9.17) is 10.3 Å². The van der Waals surface area contributed by atoms with Gasteiger partial charge in [0.05, 0.1) is 19.1 Å². The Morgan fingerprint density at radius 2 is 2.19 bits per heavy atom. The van der Waals surface area contributed by atoms with E-state index in [1.54, 1.807) is 0 Å². The van der Waals surface area contributed by atoms with Crippen molar-refractivity contribution in [2.75, 3.05) is 31.1 Å². The second kappa shape index (κ2) is 6.76. The van der Waals surface area contributed by atoms with E-state index in [1.165, 1.54) is 0 Å². The van der Waals surface area contributed by atoms with E-state index >= 15 is 0 Å². The Balaban J connectivity index is 1.62. The first-order chi connectivity index (χ1) is 10.3. The summed E-state index contributed by atoms with van der Waals surface area (Å²) >= 11 is 1.92. The SMILES string of the molecule is NCc1nc(CN2CCCC2C(=O)N2CCSCC2)no1. The third-order valence-corrected chi connectivity index (χ3v) is 4.94. The fourth-order valence-electron chi connectivity index (χ4n) is 2.91. The Kier molecular flexibility index (Phi) is 4.77. The molecule has 1 atom stereocenters. The van der Waals surface area contributed by atoms with Crippen LogP contribution in [0.25, 0.3) is 0 Å². The van der Waals surface area contributed by atoms with Crippen molar-refractivity contribution in [3.05, 3.63) is 11.7 Å². The zero-order chi connectivity index (χ0) is 14.7. The number of aromatic nitrogens is 2. The highest BCUT2D eigenvalue weighted by Crippen LogP contribution is 2.22. The number of nitrogens with zero attached hydrogens (tertiary/aromatic N) is 4. The number of hydrogen-bond donors (Lipinski definition) is 1. The van der Waals surface area contributed by atoms with Gasteiger partial charge in [-0.15, -0.1) is 0 Å². The number of likely N-dealkylation sites (tertiary alicyclic amines) is 1. The average Bonchev–Trinajstić information content (AvgIpc) is 3.17. The maximum atomic E-state index is 12.7. The van der Waals surface area contributed by atoms with Crippen LogP contribution in [0.4, 0.5) is 0 Å². The molecule has 116 valence electrons. The molecule has 2 saturated heterocycles. The minimum Gasteiger partial charge on any atom is -0.340 e. The maximum absolute atomic E-state index is 12.7. The molecule has 1 aromatic heterocycles. The fourth-order valence-corrected chi connectivity index (χ4v) is 3.81. The number of hydrogen-bond acceptors (Lipinski definition) is 7. The Labute approximate surface area is 128 Å². The van der Waals surface area contributed by atoms with Gasteiger partial charge in [-0.05, 0) is 19.4 Å². The molecule has 2 fully saturated rings. The quantitative estimate of drug-likeness (QED) is 0.841. The molecule has 8 heteroatoms. The highest BCUT2D eigenvalue weighted by atomic mass is 32.2. The van der Waals surface area contributed by atoms with E-state index in [2.05, 4.69) is 15.0 Å². The van der Waals surface area contributed by atoms with Gasteiger partial charge in [0, 0.05) is 24.6 Å². The van der Waals surface area contributed by atoms with Crippen LogP contribution in [0.15, 0.2) is 4.52 Å². The van der Waals surface area contributed by atoms with Crippen molar-refractivity contribution in [1.82, 2.24) is 19.9 Å². The molecule has 0 aliphatic carbocycles. The lowest BCUT2D eigenvalue weighted by Gasteiger charge is -2.32. The van der Waals surface area contributed by atoms with Gasteiger partial charge in [-0.2, -0.15) is 16.7 Å². The summed E-state index contributed by atoms with van der Waals surface area (Å²) in [5, 5.41) is 3.92. The number of amides is 1. The summed E-state index contributed by atoms with van der Waals surface area (Å²) in [6, 6.07) is -0.0343. The minimum atomic E-state index is -0.0343. The number of carbonyl (C=O) groups excluding carboxylic acids is 1. The Bertz CT molecular complexity index is 489. The van der Waals surface area contributed by atoms with Gasteiger partial charge < -0.3 is 15.2 Å². The molecule has 2 aliphatic heterocycles. The molecule has 0 bridgehead atoms. The average molecular weight is 311 g/mol. The van der Waals surface area contributed by atoms with Crippen molar-refractivity contribution < 1.29 is 9.32 Å². The van der Waals surface area contributed by atoms with Crippen LogP contribution in [0.1, 0.15) is 24.6 Å². The molecule has 21 heavy (non-hydrogen) atoms. The molecule has 1 aromatic rings. The summed E-state index contributed by atoms with van der Waals surface area (Å²) in [6.45, 7) is 3.45. The molecular formula is C13H21N5O2S. The molecule has 3 rings (SSSR count). The second-order valence-electron chi connectivity index (χ2n) is 5.37. The molecule has 0 spiro atoms. The highest BCUT2D eigenvalue weighted by Gasteiger charge is 2.34. The van der Waals surface area contributed by atoms with Crippen LogP contribution in [0.3, 0.4) is 0 Å². The van der Waals surface area contributed by atoms with Crippen LogP contribution in [-0.4, -0.2) is 63.0 Å². The molecule has 0 radical (unpaired) electrons. The number of carbonyl (C=O) groups is 1. The molecule has 2 aliphatic rings. The molecule has 0 aromatic carbocycles. The van der Waals surface area contributed by atoms with Crippen molar-refractivity contribution in [2.45, 2.75) is 32.0 Å². The monoisotopic (exact) mass is 311 g/mol.